The van der Waals surface area contributed by atoms with Crippen LogP contribution in [0.5, 0.6) is 5.75 Å². The summed E-state index contributed by atoms with van der Waals surface area (Å²) in [6.45, 7) is 4.39. The van der Waals surface area contributed by atoms with E-state index in [0.717, 1.165) is 46.9 Å². The Kier molecular flexibility index (Phi) is 9.92. The van der Waals surface area contributed by atoms with Gasteiger partial charge in [0.1, 0.15) is 12.4 Å². The van der Waals surface area contributed by atoms with E-state index < -0.39 is 6.10 Å². The van der Waals surface area contributed by atoms with Gasteiger partial charge in [0.25, 0.3) is 0 Å². The van der Waals surface area contributed by atoms with Gasteiger partial charge in [-0.2, -0.15) is 13.5 Å². The first kappa shape index (κ1) is 28.7. The minimum Gasteiger partial charge on any atom is -0.484 e. The van der Waals surface area contributed by atoms with Crippen molar-refractivity contribution >= 4 is 40.9 Å². The molecular formula is C29H36BrN3O4S. The summed E-state index contributed by atoms with van der Waals surface area (Å²) in [6.07, 6.45) is 6.21. The van der Waals surface area contributed by atoms with Crippen molar-refractivity contribution in [3.8, 4) is 5.75 Å². The molecule has 2 aliphatic rings. The van der Waals surface area contributed by atoms with Gasteiger partial charge in [-0.3, -0.25) is 9.69 Å². The number of rotatable bonds is 11. The van der Waals surface area contributed by atoms with Crippen LogP contribution in [-0.4, -0.2) is 46.0 Å². The van der Waals surface area contributed by atoms with Gasteiger partial charge in [0.15, 0.2) is 17.9 Å². The maximum absolute atomic E-state index is 12.8. The molecule has 2 N–H and O–H groups in total. The van der Waals surface area contributed by atoms with Gasteiger partial charge in [-0.1, -0.05) is 18.2 Å². The topological polar surface area (TPSA) is 87.8 Å². The molecular weight excluding hydrogens is 566 g/mol. The number of halogens is 1. The maximum atomic E-state index is 12.8. The van der Waals surface area contributed by atoms with Crippen LogP contribution in [0.15, 0.2) is 51.7 Å². The highest BCUT2D eigenvalue weighted by Gasteiger charge is 2.23. The lowest BCUT2D eigenvalue weighted by atomic mass is 9.93. The first-order chi connectivity index (χ1) is 18.0. The SMILES string of the molecule is Cc1ncoc1COc1ccc2c(c1Br)CCN(C[C@@H](O)CCC(=O)c1cccc(NC3CCC3)c1)C2.S. The lowest BCUT2D eigenvalue weighted by Crippen LogP contribution is -2.37. The number of fused-ring (bicyclic) bond motifs is 1. The highest BCUT2D eigenvalue weighted by atomic mass is 79.9. The van der Waals surface area contributed by atoms with Crippen LogP contribution in [0.3, 0.4) is 0 Å². The van der Waals surface area contributed by atoms with E-state index in [2.05, 4.69) is 37.2 Å². The number of hydrogen-bond acceptors (Lipinski definition) is 7. The largest absolute Gasteiger partial charge is 0.484 e. The van der Waals surface area contributed by atoms with Crippen LogP contribution in [0.4, 0.5) is 5.69 Å². The van der Waals surface area contributed by atoms with Crippen LogP contribution < -0.4 is 10.1 Å². The van der Waals surface area contributed by atoms with Crippen molar-refractivity contribution in [2.75, 3.05) is 18.4 Å². The van der Waals surface area contributed by atoms with E-state index in [0.29, 0.717) is 37.6 Å². The summed E-state index contributed by atoms with van der Waals surface area (Å²) >= 11 is 3.73. The third-order valence-corrected chi connectivity index (χ3v) is 8.28. The predicted octanol–water partition coefficient (Wildman–Crippen LogP) is 5.78. The zero-order valence-electron chi connectivity index (χ0n) is 21.7. The molecule has 0 radical (unpaired) electrons. The quantitative estimate of drug-likeness (QED) is 0.269. The Balaban J connectivity index is 0.00000336. The minimum atomic E-state index is -0.544. The molecule has 5 rings (SSSR count). The minimum absolute atomic E-state index is 0. The Morgan fingerprint density at radius 3 is 2.89 bits per heavy atom. The Hall–Kier alpha value is -2.33. The summed E-state index contributed by atoms with van der Waals surface area (Å²) in [5.74, 6) is 1.59. The number of aliphatic hydroxyl groups is 1. The van der Waals surface area contributed by atoms with Crippen molar-refractivity contribution in [1.29, 1.82) is 0 Å². The molecule has 1 atom stereocenters. The number of aliphatic hydroxyl groups excluding tert-OH is 1. The van der Waals surface area contributed by atoms with Gasteiger partial charge in [-0.25, -0.2) is 4.98 Å². The molecule has 1 aliphatic carbocycles. The van der Waals surface area contributed by atoms with E-state index in [1.54, 1.807) is 0 Å². The molecule has 204 valence electrons. The summed E-state index contributed by atoms with van der Waals surface area (Å²) in [4.78, 5) is 19.1. The van der Waals surface area contributed by atoms with Crippen molar-refractivity contribution in [3.63, 3.8) is 0 Å². The maximum Gasteiger partial charge on any atom is 0.181 e. The number of aryl methyl sites for hydroxylation is 1. The molecule has 38 heavy (non-hydrogen) atoms. The Morgan fingerprint density at radius 2 is 2.16 bits per heavy atom. The number of oxazole rings is 1. The van der Waals surface area contributed by atoms with Gasteiger partial charge in [-0.15, -0.1) is 0 Å². The van der Waals surface area contributed by atoms with E-state index in [9.17, 15) is 9.90 Å². The molecule has 0 bridgehead atoms. The lowest BCUT2D eigenvalue weighted by Gasteiger charge is -2.31. The standard InChI is InChI=1S/C29H34BrN3O4.H2S/c1-19-28(37-18-31-19)17-36-27-11-8-21-15-33(13-12-25(21)29(27)30)16-24(34)9-10-26(35)20-4-2-7-23(14-20)32-22-5-3-6-22;/h2,4,7-8,11,14,18,22,24,32,34H,3,5-6,9-10,12-13,15-17H2,1H3;1H2/t24-;/m0./s1. The molecule has 9 heteroatoms. The molecule has 1 fully saturated rings. The summed E-state index contributed by atoms with van der Waals surface area (Å²) in [7, 11) is 0. The normalized spacial score (nSPS) is 16.2. The fourth-order valence-corrected chi connectivity index (χ4v) is 5.63. The van der Waals surface area contributed by atoms with E-state index in [-0.39, 0.29) is 19.3 Å². The summed E-state index contributed by atoms with van der Waals surface area (Å²) in [5.41, 5.74) is 5.02. The molecule has 0 spiro atoms. The predicted molar refractivity (Wildman–Crippen MR) is 156 cm³/mol. The second-order valence-electron chi connectivity index (χ2n) is 10.1. The molecule has 0 amide bonds. The second-order valence-corrected chi connectivity index (χ2v) is 10.9. The number of anilines is 1. The number of carbonyl (C=O) groups is 1. The monoisotopic (exact) mass is 601 g/mol. The number of benzene rings is 2. The van der Waals surface area contributed by atoms with Crippen molar-refractivity contribution in [2.45, 2.75) is 70.7 Å². The number of Topliss-reactive ketones (excluding diaryl/α,β-unsaturated/α-hetero) is 1. The highest BCUT2D eigenvalue weighted by Crippen LogP contribution is 2.35. The fraction of sp³-hybridized carbons (Fsp3) is 0.448. The van der Waals surface area contributed by atoms with Gasteiger partial charge in [0, 0.05) is 43.3 Å². The van der Waals surface area contributed by atoms with Gasteiger partial charge in [0.05, 0.1) is 16.3 Å². The zero-order chi connectivity index (χ0) is 25.8. The number of nitrogens with one attached hydrogen (secondary N) is 1. The van der Waals surface area contributed by atoms with Crippen LogP contribution >= 0.6 is 29.4 Å². The average Bonchev–Trinajstić information content (AvgIpc) is 3.29. The summed E-state index contributed by atoms with van der Waals surface area (Å²) in [5, 5.41) is 14.2. The molecule has 1 aliphatic heterocycles. The molecule has 2 heterocycles. The number of aromatic nitrogens is 1. The van der Waals surface area contributed by atoms with Gasteiger partial charge < -0.3 is 19.6 Å². The van der Waals surface area contributed by atoms with Crippen molar-refractivity contribution in [3.05, 3.63) is 75.4 Å². The molecule has 0 saturated heterocycles. The molecule has 7 nitrogen and oxygen atoms in total. The number of nitrogens with zero attached hydrogens (tertiary/aromatic N) is 2. The van der Waals surface area contributed by atoms with Crippen LogP contribution in [0.1, 0.15) is 65.0 Å². The lowest BCUT2D eigenvalue weighted by molar-refractivity contribution is 0.0836. The third-order valence-electron chi connectivity index (χ3n) is 7.41. The van der Waals surface area contributed by atoms with Gasteiger partial charge >= 0.3 is 0 Å². The van der Waals surface area contributed by atoms with Crippen LogP contribution in [0.2, 0.25) is 0 Å². The molecule has 2 aromatic carbocycles. The number of carbonyl (C=O) groups excluding carboxylic acids is 1. The highest BCUT2D eigenvalue weighted by molar-refractivity contribution is 9.10. The summed E-state index contributed by atoms with van der Waals surface area (Å²) < 4.78 is 12.3. The fourth-order valence-electron chi connectivity index (χ4n) is 4.93. The van der Waals surface area contributed by atoms with Gasteiger partial charge in [0.2, 0.25) is 0 Å². The number of hydrogen-bond donors (Lipinski definition) is 2. The van der Waals surface area contributed by atoms with Crippen LogP contribution in [0, 0.1) is 6.92 Å². The van der Waals surface area contributed by atoms with E-state index in [1.807, 2.05) is 37.3 Å². The molecule has 0 unspecified atom stereocenters. The van der Waals surface area contributed by atoms with E-state index in [1.165, 1.54) is 36.8 Å². The zero-order valence-corrected chi connectivity index (χ0v) is 24.3. The van der Waals surface area contributed by atoms with Crippen molar-refractivity contribution < 1.29 is 19.1 Å². The second kappa shape index (κ2) is 13.2. The van der Waals surface area contributed by atoms with Crippen molar-refractivity contribution in [1.82, 2.24) is 9.88 Å². The number of ether oxygens (including phenoxy) is 1. The number of ketones is 1. The molecule has 1 saturated carbocycles. The van der Waals surface area contributed by atoms with E-state index >= 15 is 0 Å². The molecule has 1 aromatic heterocycles. The Labute approximate surface area is 239 Å². The smallest absolute Gasteiger partial charge is 0.181 e. The van der Waals surface area contributed by atoms with Crippen molar-refractivity contribution in [2.24, 2.45) is 0 Å². The Morgan fingerprint density at radius 1 is 1.32 bits per heavy atom. The summed E-state index contributed by atoms with van der Waals surface area (Å²) in [6, 6.07) is 12.4. The number of β-amino-alcohol motifs (C(OH)–C–C–N with tert-alkyl or cyclic N) is 1. The first-order valence-corrected chi connectivity index (χ1v) is 13.9. The average molecular weight is 603 g/mol. The van der Waals surface area contributed by atoms with Crippen LogP contribution in [-0.2, 0) is 19.6 Å². The third kappa shape index (κ3) is 7.00. The van der Waals surface area contributed by atoms with Crippen LogP contribution in [0.25, 0.3) is 0 Å². The van der Waals surface area contributed by atoms with Gasteiger partial charge in [-0.05, 0) is 84.3 Å². The first-order valence-electron chi connectivity index (χ1n) is 13.1. The molecule has 3 aromatic rings. The van der Waals surface area contributed by atoms with E-state index in [4.69, 9.17) is 9.15 Å². The Bertz CT molecular complexity index is 1250.